The molecule has 1 unspecified atom stereocenters. The summed E-state index contributed by atoms with van der Waals surface area (Å²) in [6.07, 6.45) is 4.33. The highest BCUT2D eigenvalue weighted by Gasteiger charge is 2.24. The first-order valence-electron chi connectivity index (χ1n) is 7.25. The summed E-state index contributed by atoms with van der Waals surface area (Å²) in [6.45, 7) is 4.35. The lowest BCUT2D eigenvalue weighted by Crippen LogP contribution is -2.52. The van der Waals surface area contributed by atoms with Crippen LogP contribution in [0.3, 0.4) is 0 Å². The van der Waals surface area contributed by atoms with Gasteiger partial charge in [0, 0.05) is 52.0 Å². The van der Waals surface area contributed by atoms with Gasteiger partial charge in [-0.3, -0.25) is 14.2 Å². The van der Waals surface area contributed by atoms with E-state index in [2.05, 4.69) is 4.90 Å². The first kappa shape index (κ1) is 16.2. The summed E-state index contributed by atoms with van der Waals surface area (Å²) in [5, 5.41) is 0. The molecule has 2 heterocycles. The van der Waals surface area contributed by atoms with E-state index in [9.17, 15) is 14.4 Å². The SMILES string of the molecule is CC1CN(C)CCN1C(=O)C=Cc1cn(C)c(=O)n(C)c1=O. The molecule has 1 aliphatic heterocycles. The number of aromatic nitrogens is 2. The van der Waals surface area contributed by atoms with E-state index in [4.69, 9.17) is 0 Å². The smallest absolute Gasteiger partial charge is 0.330 e. The van der Waals surface area contributed by atoms with Crippen molar-refractivity contribution in [1.82, 2.24) is 18.9 Å². The fourth-order valence-electron chi connectivity index (χ4n) is 2.67. The minimum absolute atomic E-state index is 0.114. The first-order chi connectivity index (χ1) is 10.3. The number of amides is 1. The van der Waals surface area contributed by atoms with Crippen molar-refractivity contribution in [2.45, 2.75) is 13.0 Å². The van der Waals surface area contributed by atoms with Crippen molar-refractivity contribution >= 4 is 12.0 Å². The molecule has 120 valence electrons. The lowest BCUT2D eigenvalue weighted by Gasteiger charge is -2.37. The Morgan fingerprint density at radius 1 is 1.23 bits per heavy atom. The zero-order valence-electron chi connectivity index (χ0n) is 13.4. The van der Waals surface area contributed by atoms with Gasteiger partial charge in [-0.1, -0.05) is 0 Å². The van der Waals surface area contributed by atoms with E-state index in [1.54, 1.807) is 11.9 Å². The summed E-state index contributed by atoms with van der Waals surface area (Å²) in [4.78, 5) is 39.9. The van der Waals surface area contributed by atoms with E-state index < -0.39 is 5.56 Å². The summed E-state index contributed by atoms with van der Waals surface area (Å²) < 4.78 is 2.35. The molecule has 1 atom stereocenters. The number of carbonyl (C=O) groups excluding carboxylic acids is 1. The molecule has 0 spiro atoms. The number of piperazine rings is 1. The molecule has 0 radical (unpaired) electrons. The number of rotatable bonds is 2. The predicted octanol–water partition coefficient (Wildman–Crippen LogP) is -0.740. The van der Waals surface area contributed by atoms with Gasteiger partial charge in [-0.2, -0.15) is 0 Å². The lowest BCUT2D eigenvalue weighted by atomic mass is 10.2. The second-order valence-corrected chi connectivity index (χ2v) is 5.82. The molecule has 1 aliphatic rings. The third-order valence-corrected chi connectivity index (χ3v) is 3.99. The third kappa shape index (κ3) is 3.19. The maximum absolute atomic E-state index is 12.3. The number of hydrogen-bond donors (Lipinski definition) is 0. The molecule has 7 heteroatoms. The Kier molecular flexibility index (Phi) is 4.65. The Balaban J connectivity index is 2.21. The fourth-order valence-corrected chi connectivity index (χ4v) is 2.67. The number of carbonyl (C=O) groups is 1. The molecule has 2 rings (SSSR count). The first-order valence-corrected chi connectivity index (χ1v) is 7.25. The maximum atomic E-state index is 12.3. The van der Waals surface area contributed by atoms with Gasteiger partial charge in [0.1, 0.15) is 0 Å². The quantitative estimate of drug-likeness (QED) is 0.675. The second-order valence-electron chi connectivity index (χ2n) is 5.82. The van der Waals surface area contributed by atoms with E-state index in [-0.39, 0.29) is 17.6 Å². The number of nitrogens with zero attached hydrogens (tertiary/aromatic N) is 4. The molecule has 1 aromatic rings. The van der Waals surface area contributed by atoms with Crippen molar-refractivity contribution < 1.29 is 4.79 Å². The van der Waals surface area contributed by atoms with Gasteiger partial charge >= 0.3 is 5.69 Å². The summed E-state index contributed by atoms with van der Waals surface area (Å²) >= 11 is 0. The summed E-state index contributed by atoms with van der Waals surface area (Å²) in [5.41, 5.74) is -0.473. The number of likely N-dealkylation sites (N-methyl/N-ethyl adjacent to an activating group) is 1. The van der Waals surface area contributed by atoms with Crippen molar-refractivity contribution in [2.75, 3.05) is 26.7 Å². The maximum Gasteiger partial charge on any atom is 0.330 e. The van der Waals surface area contributed by atoms with E-state index in [1.165, 1.54) is 30.0 Å². The molecule has 0 aliphatic carbocycles. The molecule has 0 N–H and O–H groups in total. The van der Waals surface area contributed by atoms with Crippen LogP contribution in [0.5, 0.6) is 0 Å². The van der Waals surface area contributed by atoms with Crippen LogP contribution in [0.2, 0.25) is 0 Å². The van der Waals surface area contributed by atoms with Gasteiger partial charge in [0.25, 0.3) is 5.56 Å². The second kappa shape index (κ2) is 6.31. The van der Waals surface area contributed by atoms with Crippen LogP contribution in [0, 0.1) is 0 Å². The van der Waals surface area contributed by atoms with Crippen LogP contribution in [0.4, 0.5) is 0 Å². The molecular formula is C15H22N4O3. The van der Waals surface area contributed by atoms with Crippen LogP contribution in [0.15, 0.2) is 21.9 Å². The van der Waals surface area contributed by atoms with Crippen LogP contribution in [0.1, 0.15) is 12.5 Å². The molecular weight excluding hydrogens is 284 g/mol. The molecule has 22 heavy (non-hydrogen) atoms. The Labute approximate surface area is 129 Å². The standard InChI is InChI=1S/C15H22N4O3/c1-11-9-16(2)7-8-19(11)13(20)6-5-12-10-17(3)15(22)18(4)14(12)21/h5-6,10-11H,7-9H2,1-4H3. The molecule has 1 aromatic heterocycles. The normalized spacial score (nSPS) is 19.8. The molecule has 1 saturated heterocycles. The van der Waals surface area contributed by atoms with E-state index >= 15 is 0 Å². The van der Waals surface area contributed by atoms with Crippen LogP contribution < -0.4 is 11.2 Å². The van der Waals surface area contributed by atoms with Gasteiger partial charge in [0.2, 0.25) is 5.91 Å². The van der Waals surface area contributed by atoms with Crippen molar-refractivity contribution in [3.8, 4) is 0 Å². The van der Waals surface area contributed by atoms with E-state index in [0.717, 1.165) is 17.7 Å². The number of aryl methyl sites for hydroxylation is 1. The van der Waals surface area contributed by atoms with Crippen molar-refractivity contribution in [2.24, 2.45) is 14.1 Å². The average molecular weight is 306 g/mol. The Hall–Kier alpha value is -2.15. The molecule has 0 saturated carbocycles. The van der Waals surface area contributed by atoms with Crippen molar-refractivity contribution in [1.29, 1.82) is 0 Å². The average Bonchev–Trinajstić information content (AvgIpc) is 2.47. The van der Waals surface area contributed by atoms with Crippen LogP contribution in [-0.4, -0.2) is 57.6 Å². The van der Waals surface area contributed by atoms with Gasteiger partial charge < -0.3 is 14.4 Å². The van der Waals surface area contributed by atoms with Crippen LogP contribution >= 0.6 is 0 Å². The largest absolute Gasteiger partial charge is 0.334 e. The lowest BCUT2D eigenvalue weighted by molar-refractivity contribution is -0.130. The van der Waals surface area contributed by atoms with Crippen LogP contribution in [0.25, 0.3) is 6.08 Å². The van der Waals surface area contributed by atoms with Gasteiger partial charge in [-0.15, -0.1) is 0 Å². The third-order valence-electron chi connectivity index (χ3n) is 3.99. The Morgan fingerprint density at radius 3 is 2.55 bits per heavy atom. The summed E-state index contributed by atoms with van der Waals surface area (Å²) in [6, 6.07) is 0.138. The minimum Gasteiger partial charge on any atom is -0.334 e. The zero-order valence-corrected chi connectivity index (χ0v) is 13.4. The van der Waals surface area contributed by atoms with E-state index in [1.807, 2.05) is 14.0 Å². The van der Waals surface area contributed by atoms with Crippen molar-refractivity contribution in [3.63, 3.8) is 0 Å². The molecule has 7 nitrogen and oxygen atoms in total. The van der Waals surface area contributed by atoms with Crippen molar-refractivity contribution in [3.05, 3.63) is 38.7 Å². The summed E-state index contributed by atoms with van der Waals surface area (Å²) in [5.74, 6) is -0.114. The number of hydrogen-bond acceptors (Lipinski definition) is 4. The minimum atomic E-state index is -0.404. The predicted molar refractivity (Wildman–Crippen MR) is 84.6 cm³/mol. The molecule has 0 aromatic carbocycles. The highest BCUT2D eigenvalue weighted by Crippen LogP contribution is 2.09. The zero-order chi connectivity index (χ0) is 16.4. The topological polar surface area (TPSA) is 67.5 Å². The Morgan fingerprint density at radius 2 is 1.91 bits per heavy atom. The molecule has 0 bridgehead atoms. The van der Waals surface area contributed by atoms with Crippen LogP contribution in [-0.2, 0) is 18.9 Å². The Bertz CT molecular complexity index is 716. The molecule has 1 fully saturated rings. The van der Waals surface area contributed by atoms with Gasteiger partial charge in [-0.05, 0) is 20.0 Å². The molecule has 1 amide bonds. The monoisotopic (exact) mass is 306 g/mol. The van der Waals surface area contributed by atoms with Gasteiger partial charge in [0.05, 0.1) is 5.56 Å². The highest BCUT2D eigenvalue weighted by atomic mass is 16.2. The van der Waals surface area contributed by atoms with E-state index in [0.29, 0.717) is 12.1 Å². The van der Waals surface area contributed by atoms with Gasteiger partial charge in [-0.25, -0.2) is 4.79 Å². The fraction of sp³-hybridized carbons (Fsp3) is 0.533. The highest BCUT2D eigenvalue weighted by molar-refractivity contribution is 5.92. The van der Waals surface area contributed by atoms with Gasteiger partial charge in [0.15, 0.2) is 0 Å². The summed E-state index contributed by atoms with van der Waals surface area (Å²) in [7, 11) is 5.03.